The molecule has 0 radical (unpaired) electrons. The molecule has 1 unspecified atom stereocenters. The number of carbonyl (C=O) groups excluding carboxylic acids is 1. The monoisotopic (exact) mass is 434 g/mol. The van der Waals surface area contributed by atoms with E-state index < -0.39 is 0 Å². The molecule has 4 aromatic rings. The van der Waals surface area contributed by atoms with Crippen LogP contribution in [0.2, 0.25) is 0 Å². The van der Waals surface area contributed by atoms with E-state index in [2.05, 4.69) is 34.8 Å². The van der Waals surface area contributed by atoms with E-state index in [1.54, 1.807) is 22.3 Å². The van der Waals surface area contributed by atoms with E-state index in [-0.39, 0.29) is 24.1 Å². The zero-order chi connectivity index (χ0) is 22.8. The van der Waals surface area contributed by atoms with Gasteiger partial charge in [0.2, 0.25) is 0 Å². The summed E-state index contributed by atoms with van der Waals surface area (Å²) in [5.74, 6) is -0.638. The largest absolute Gasteiger partial charge is 0.466 e. The van der Waals surface area contributed by atoms with E-state index in [1.165, 1.54) is 10.9 Å². The molecular formula is C25H30N4O3. The molecule has 32 heavy (non-hydrogen) atoms. The Morgan fingerprint density at radius 2 is 1.91 bits per heavy atom. The first-order chi connectivity index (χ1) is 15.5. The average Bonchev–Trinajstić information content (AvgIpc) is 3.24. The lowest BCUT2D eigenvalue weighted by Gasteiger charge is -2.15. The molecule has 3 aromatic heterocycles. The highest BCUT2D eigenvalue weighted by molar-refractivity contribution is 5.87. The SMILES string of the molecule is CCCC(Cn1c(=O)n(Cc2cn(C)c3cccc(C)c23)c2cccnc21)C(=O)OCC. The Labute approximate surface area is 187 Å². The summed E-state index contributed by atoms with van der Waals surface area (Å²) in [5.41, 5.74) is 4.61. The summed E-state index contributed by atoms with van der Waals surface area (Å²) in [6, 6.07) is 9.98. The van der Waals surface area contributed by atoms with Crippen molar-refractivity contribution in [2.45, 2.75) is 46.7 Å². The number of imidazole rings is 1. The van der Waals surface area contributed by atoms with E-state index in [1.807, 2.05) is 32.2 Å². The van der Waals surface area contributed by atoms with Crippen LogP contribution in [0.4, 0.5) is 0 Å². The topological polar surface area (TPSA) is 71.0 Å². The van der Waals surface area contributed by atoms with Crippen molar-refractivity contribution in [2.24, 2.45) is 13.0 Å². The van der Waals surface area contributed by atoms with Crippen LogP contribution in [0.1, 0.15) is 37.8 Å². The fourth-order valence-corrected chi connectivity index (χ4v) is 4.60. The second kappa shape index (κ2) is 9.02. The summed E-state index contributed by atoms with van der Waals surface area (Å²) in [5, 5.41) is 1.17. The molecule has 1 atom stereocenters. The van der Waals surface area contributed by atoms with Crippen molar-refractivity contribution in [1.29, 1.82) is 0 Å². The van der Waals surface area contributed by atoms with Crippen LogP contribution in [-0.4, -0.2) is 31.3 Å². The van der Waals surface area contributed by atoms with Crippen LogP contribution < -0.4 is 5.69 Å². The first kappa shape index (κ1) is 21.9. The molecule has 0 aliphatic rings. The van der Waals surface area contributed by atoms with Gasteiger partial charge >= 0.3 is 11.7 Å². The quantitative estimate of drug-likeness (QED) is 0.393. The third-order valence-corrected chi connectivity index (χ3v) is 6.06. The van der Waals surface area contributed by atoms with Gasteiger partial charge in [0.25, 0.3) is 0 Å². The van der Waals surface area contributed by atoms with Crippen molar-refractivity contribution >= 4 is 28.0 Å². The van der Waals surface area contributed by atoms with Crippen molar-refractivity contribution in [2.75, 3.05) is 6.61 Å². The Morgan fingerprint density at radius 1 is 1.12 bits per heavy atom. The Kier molecular flexibility index (Phi) is 6.17. The summed E-state index contributed by atoms with van der Waals surface area (Å²) in [6.45, 7) is 6.95. The third kappa shape index (κ3) is 3.83. The maximum absolute atomic E-state index is 13.6. The molecular weight excluding hydrogens is 404 g/mol. The van der Waals surface area contributed by atoms with Crippen LogP contribution in [0.3, 0.4) is 0 Å². The Hall–Kier alpha value is -3.35. The zero-order valence-electron chi connectivity index (χ0n) is 19.2. The first-order valence-corrected chi connectivity index (χ1v) is 11.2. The first-order valence-electron chi connectivity index (χ1n) is 11.2. The van der Waals surface area contributed by atoms with E-state index >= 15 is 0 Å². The van der Waals surface area contributed by atoms with Crippen LogP contribution in [0.25, 0.3) is 22.1 Å². The van der Waals surface area contributed by atoms with E-state index in [0.29, 0.717) is 25.2 Å². The van der Waals surface area contributed by atoms with Crippen molar-refractivity contribution < 1.29 is 9.53 Å². The number of benzene rings is 1. The number of aryl methyl sites for hydroxylation is 2. The molecule has 0 amide bonds. The Morgan fingerprint density at radius 3 is 2.66 bits per heavy atom. The molecule has 7 nitrogen and oxygen atoms in total. The molecule has 3 heterocycles. The normalized spacial score (nSPS) is 12.5. The molecule has 0 bridgehead atoms. The number of rotatable bonds is 8. The lowest BCUT2D eigenvalue weighted by atomic mass is 10.0. The van der Waals surface area contributed by atoms with E-state index in [9.17, 15) is 9.59 Å². The summed E-state index contributed by atoms with van der Waals surface area (Å²) < 4.78 is 10.7. The van der Waals surface area contributed by atoms with Crippen molar-refractivity contribution in [1.82, 2.24) is 18.7 Å². The Bertz CT molecular complexity index is 1330. The smallest absolute Gasteiger partial charge is 0.330 e. The molecule has 4 rings (SSSR count). The standard InChI is InChI=1S/C25H30N4O3/c1-5-9-18(24(30)32-6-2)15-29-23-21(12-8-13-26-23)28(25(29)31)16-19-14-27(4)20-11-7-10-17(3)22(19)20/h7-8,10-14,18H,5-6,9,15-16H2,1-4H3. The molecule has 0 saturated carbocycles. The zero-order valence-corrected chi connectivity index (χ0v) is 19.2. The van der Waals surface area contributed by atoms with Gasteiger partial charge in [-0.3, -0.25) is 13.9 Å². The predicted molar refractivity (Wildman–Crippen MR) is 126 cm³/mol. The van der Waals surface area contributed by atoms with Gasteiger partial charge in [-0.2, -0.15) is 0 Å². The van der Waals surface area contributed by atoms with Gasteiger partial charge in [0.05, 0.1) is 24.6 Å². The number of ether oxygens (including phenoxy) is 1. The Balaban J connectivity index is 1.80. The summed E-state index contributed by atoms with van der Waals surface area (Å²) >= 11 is 0. The molecule has 168 valence electrons. The van der Waals surface area contributed by atoms with Gasteiger partial charge in [0, 0.05) is 36.9 Å². The summed E-state index contributed by atoms with van der Waals surface area (Å²) in [4.78, 5) is 30.6. The van der Waals surface area contributed by atoms with Crippen LogP contribution in [0.15, 0.2) is 47.5 Å². The minimum absolute atomic E-state index is 0.158. The van der Waals surface area contributed by atoms with Crippen LogP contribution in [0, 0.1) is 12.8 Å². The second-order valence-corrected chi connectivity index (χ2v) is 8.30. The van der Waals surface area contributed by atoms with Gasteiger partial charge in [-0.1, -0.05) is 25.5 Å². The number of carbonyl (C=O) groups is 1. The molecule has 0 N–H and O–H groups in total. The minimum Gasteiger partial charge on any atom is -0.466 e. The number of esters is 1. The number of hydrogen-bond acceptors (Lipinski definition) is 4. The second-order valence-electron chi connectivity index (χ2n) is 8.30. The third-order valence-electron chi connectivity index (χ3n) is 6.06. The number of pyridine rings is 1. The fourth-order valence-electron chi connectivity index (χ4n) is 4.60. The van der Waals surface area contributed by atoms with Gasteiger partial charge in [-0.05, 0) is 49.6 Å². The van der Waals surface area contributed by atoms with Crippen LogP contribution in [-0.2, 0) is 29.7 Å². The minimum atomic E-state index is -0.376. The van der Waals surface area contributed by atoms with Crippen LogP contribution >= 0.6 is 0 Å². The van der Waals surface area contributed by atoms with Gasteiger partial charge in [0.15, 0.2) is 5.65 Å². The molecule has 1 aromatic carbocycles. The highest BCUT2D eigenvalue weighted by atomic mass is 16.5. The average molecular weight is 435 g/mol. The lowest BCUT2D eigenvalue weighted by molar-refractivity contribution is -0.148. The van der Waals surface area contributed by atoms with E-state index in [4.69, 9.17) is 4.74 Å². The molecule has 0 aliphatic heterocycles. The highest BCUT2D eigenvalue weighted by Gasteiger charge is 2.24. The van der Waals surface area contributed by atoms with Gasteiger partial charge in [-0.15, -0.1) is 0 Å². The maximum Gasteiger partial charge on any atom is 0.330 e. The molecule has 0 saturated heterocycles. The van der Waals surface area contributed by atoms with Crippen molar-refractivity contribution in [3.63, 3.8) is 0 Å². The van der Waals surface area contributed by atoms with Crippen molar-refractivity contribution in [3.05, 3.63) is 64.3 Å². The van der Waals surface area contributed by atoms with Gasteiger partial charge in [-0.25, -0.2) is 9.78 Å². The summed E-state index contributed by atoms with van der Waals surface area (Å²) in [7, 11) is 2.02. The molecule has 0 aliphatic carbocycles. The number of nitrogens with zero attached hydrogens (tertiary/aromatic N) is 4. The van der Waals surface area contributed by atoms with E-state index in [0.717, 1.165) is 23.0 Å². The predicted octanol–water partition coefficient (Wildman–Crippen LogP) is 4.03. The number of fused-ring (bicyclic) bond motifs is 2. The molecule has 0 spiro atoms. The fraction of sp³-hybridized carbons (Fsp3) is 0.400. The number of aromatic nitrogens is 4. The van der Waals surface area contributed by atoms with Gasteiger partial charge < -0.3 is 9.30 Å². The van der Waals surface area contributed by atoms with Crippen molar-refractivity contribution in [3.8, 4) is 0 Å². The molecule has 7 heteroatoms. The number of hydrogen-bond donors (Lipinski definition) is 0. The molecule has 0 fully saturated rings. The lowest BCUT2D eigenvalue weighted by Crippen LogP contribution is -2.30. The maximum atomic E-state index is 13.6. The van der Waals surface area contributed by atoms with Gasteiger partial charge in [0.1, 0.15) is 0 Å². The van der Waals surface area contributed by atoms with Crippen LogP contribution in [0.5, 0.6) is 0 Å². The highest BCUT2D eigenvalue weighted by Crippen LogP contribution is 2.26. The summed E-state index contributed by atoms with van der Waals surface area (Å²) in [6.07, 6.45) is 5.26.